The summed E-state index contributed by atoms with van der Waals surface area (Å²) in [4.78, 5) is 112. The van der Waals surface area contributed by atoms with Crippen LogP contribution in [0.2, 0.25) is 0 Å². The lowest BCUT2D eigenvalue weighted by Gasteiger charge is -2.28. The number of amides is 8. The summed E-state index contributed by atoms with van der Waals surface area (Å²) in [5.74, 6) is -3.27. The summed E-state index contributed by atoms with van der Waals surface area (Å²) in [5, 5.41) is 5.71. The Balaban J connectivity index is 1.39. The molecule has 2 saturated heterocycles. The van der Waals surface area contributed by atoms with E-state index in [1.54, 1.807) is 65.8 Å². The van der Waals surface area contributed by atoms with E-state index in [2.05, 4.69) is 53.1 Å². The van der Waals surface area contributed by atoms with Crippen molar-refractivity contribution < 1.29 is 62.0 Å². The number of hydrogen-bond donors (Lipinski definition) is 6. The minimum absolute atomic E-state index is 0.0125. The second-order valence-electron chi connectivity index (χ2n) is 24.5. The van der Waals surface area contributed by atoms with Gasteiger partial charge in [0.1, 0.15) is 40.5 Å². The summed E-state index contributed by atoms with van der Waals surface area (Å²) in [5.41, 5.74) is 8.87. The molecule has 0 unspecified atom stereocenters. The number of likely N-dealkylation sites (tertiary alicyclic amines) is 2. The minimum atomic E-state index is -0.875. The quantitative estimate of drug-likeness (QED) is 0.0251. The van der Waals surface area contributed by atoms with Gasteiger partial charge in [-0.05, 0) is 141 Å². The average molecular weight is 1210 g/mol. The molecule has 2 heterocycles. The standard InChI is InChI=1S/C66H98N8O13/c1-10-13-16-19-22-25-38-83-50-42-46(57(75)67-48-32-34-55(84-39-26-23-20-17-14-11-2)51(44-48)59(77)69-71-61(79)53-30-28-36-73(53)63(81)86-65(4,5)6)41-47(43-50)58(76)68-49-33-35-56(85-40-27-24-21-18-15-12-3)52(45-49)60(78)70-72-62(80)54-31-29-37-74(54)64(82)87-66(7,8)9/h32-35,41-45,53-54H,10-31,36-40H2,1-9H3,(H,67,75)(H,68,76)(H,69,77)(H,70,78)(H,71,79)(H,72,80)/t53-,54-/m0/s1. The predicted octanol–water partition coefficient (Wildman–Crippen LogP) is 12.7. The van der Waals surface area contributed by atoms with Crippen LogP contribution in [0.5, 0.6) is 17.2 Å². The zero-order valence-electron chi connectivity index (χ0n) is 53.1. The molecule has 2 fully saturated rings. The van der Waals surface area contributed by atoms with Crippen molar-refractivity contribution in [3.8, 4) is 17.2 Å². The molecule has 0 radical (unpaired) electrons. The number of ether oxygens (including phenoxy) is 5. The van der Waals surface area contributed by atoms with E-state index in [0.717, 1.165) is 116 Å². The monoisotopic (exact) mass is 1210 g/mol. The molecule has 0 spiro atoms. The van der Waals surface area contributed by atoms with E-state index in [4.69, 9.17) is 23.7 Å². The van der Waals surface area contributed by atoms with Crippen molar-refractivity contribution >= 4 is 59.0 Å². The Kier molecular flexibility index (Phi) is 29.0. The summed E-state index contributed by atoms with van der Waals surface area (Å²) >= 11 is 0. The summed E-state index contributed by atoms with van der Waals surface area (Å²) in [7, 11) is 0. The Morgan fingerprint density at radius 2 is 0.793 bits per heavy atom. The van der Waals surface area contributed by atoms with Gasteiger partial charge in [0.05, 0.1) is 30.9 Å². The van der Waals surface area contributed by atoms with Crippen LogP contribution >= 0.6 is 0 Å². The molecular weight excluding hydrogens is 1110 g/mol. The third-order valence-electron chi connectivity index (χ3n) is 14.6. The van der Waals surface area contributed by atoms with Gasteiger partial charge in [-0.1, -0.05) is 117 Å². The van der Waals surface area contributed by atoms with Gasteiger partial charge in [-0.3, -0.25) is 60.3 Å². The number of nitrogens with zero attached hydrogens (tertiary/aromatic N) is 2. The zero-order chi connectivity index (χ0) is 63.4. The Morgan fingerprint density at radius 1 is 0.437 bits per heavy atom. The van der Waals surface area contributed by atoms with Crippen molar-refractivity contribution in [2.24, 2.45) is 0 Å². The first-order valence-electron chi connectivity index (χ1n) is 31.7. The lowest BCUT2D eigenvalue weighted by atomic mass is 10.1. The van der Waals surface area contributed by atoms with Crippen LogP contribution in [0.15, 0.2) is 54.6 Å². The van der Waals surface area contributed by atoms with Crippen LogP contribution in [0.4, 0.5) is 21.0 Å². The second kappa shape index (κ2) is 35.9. The van der Waals surface area contributed by atoms with Gasteiger partial charge in [0.15, 0.2) is 0 Å². The molecule has 21 heteroatoms. The molecule has 3 aromatic rings. The molecule has 0 aromatic heterocycles. The van der Waals surface area contributed by atoms with Gasteiger partial charge in [0.25, 0.3) is 35.4 Å². The molecular formula is C66H98N8O13. The normalized spacial score (nSPS) is 14.8. The number of hydrazine groups is 2. The summed E-state index contributed by atoms with van der Waals surface area (Å²) in [6.45, 7) is 18.5. The van der Waals surface area contributed by atoms with Crippen molar-refractivity contribution in [3.63, 3.8) is 0 Å². The van der Waals surface area contributed by atoms with E-state index in [9.17, 15) is 38.4 Å². The molecule has 21 nitrogen and oxygen atoms in total. The van der Waals surface area contributed by atoms with Gasteiger partial charge >= 0.3 is 12.2 Å². The molecule has 5 rings (SSSR count). The molecule has 8 amide bonds. The van der Waals surface area contributed by atoms with E-state index in [-0.39, 0.29) is 50.9 Å². The molecule has 2 atom stereocenters. The van der Waals surface area contributed by atoms with Crippen molar-refractivity contribution in [2.75, 3.05) is 43.5 Å². The fourth-order valence-electron chi connectivity index (χ4n) is 10.1. The Labute approximate surface area is 515 Å². The van der Waals surface area contributed by atoms with Crippen LogP contribution in [-0.2, 0) is 19.1 Å². The SMILES string of the molecule is CCCCCCCCOc1cc(C(=O)Nc2ccc(OCCCCCCCC)c(C(=O)NNC(=O)[C@@H]3CCCN3C(=O)OC(C)(C)C)c2)cc(C(=O)Nc2ccc(OCCCCCCCC)c(C(=O)NNC(=O)[C@@H]3CCCN3C(=O)OC(C)(C)C)c2)c1. The van der Waals surface area contributed by atoms with Gasteiger partial charge in [-0.25, -0.2) is 9.59 Å². The molecule has 480 valence electrons. The van der Waals surface area contributed by atoms with Crippen LogP contribution in [0.3, 0.4) is 0 Å². The van der Waals surface area contributed by atoms with Gasteiger partial charge < -0.3 is 34.3 Å². The van der Waals surface area contributed by atoms with Crippen LogP contribution in [0, 0.1) is 0 Å². The van der Waals surface area contributed by atoms with Crippen molar-refractivity contribution in [1.82, 2.24) is 31.5 Å². The molecule has 3 aromatic carbocycles. The van der Waals surface area contributed by atoms with Crippen LogP contribution in [0.25, 0.3) is 0 Å². The average Bonchev–Trinajstić information content (AvgIpc) is 4.18. The van der Waals surface area contributed by atoms with Crippen LogP contribution in [-0.4, -0.2) is 114 Å². The third-order valence-corrected chi connectivity index (χ3v) is 14.6. The highest BCUT2D eigenvalue weighted by atomic mass is 16.6. The summed E-state index contributed by atoms with van der Waals surface area (Å²) < 4.78 is 29.5. The number of rotatable bonds is 32. The second-order valence-corrected chi connectivity index (χ2v) is 24.5. The fourth-order valence-corrected chi connectivity index (χ4v) is 10.1. The van der Waals surface area contributed by atoms with Crippen LogP contribution in [0.1, 0.15) is 245 Å². The number of unbranched alkanes of at least 4 members (excludes halogenated alkanes) is 15. The van der Waals surface area contributed by atoms with E-state index in [0.29, 0.717) is 58.6 Å². The van der Waals surface area contributed by atoms with Gasteiger partial charge in [0, 0.05) is 35.6 Å². The number of benzene rings is 3. The van der Waals surface area contributed by atoms with E-state index in [1.807, 2.05) is 0 Å². The molecule has 0 bridgehead atoms. The number of anilines is 2. The van der Waals surface area contributed by atoms with Crippen LogP contribution < -0.4 is 46.5 Å². The predicted molar refractivity (Wildman–Crippen MR) is 335 cm³/mol. The van der Waals surface area contributed by atoms with Gasteiger partial charge in [-0.15, -0.1) is 0 Å². The minimum Gasteiger partial charge on any atom is -0.494 e. The summed E-state index contributed by atoms with van der Waals surface area (Å²) in [6.07, 6.45) is 18.9. The lowest BCUT2D eigenvalue weighted by Crippen LogP contribution is -2.52. The van der Waals surface area contributed by atoms with Gasteiger partial charge in [0.2, 0.25) is 0 Å². The Hall–Kier alpha value is -7.58. The molecule has 0 aliphatic carbocycles. The molecule has 2 aliphatic rings. The van der Waals surface area contributed by atoms with Crippen molar-refractivity contribution in [2.45, 2.75) is 227 Å². The van der Waals surface area contributed by atoms with Gasteiger partial charge in [-0.2, -0.15) is 0 Å². The largest absolute Gasteiger partial charge is 0.494 e. The number of hydrogen-bond acceptors (Lipinski definition) is 13. The molecule has 0 saturated carbocycles. The number of carbonyl (C=O) groups is 8. The smallest absolute Gasteiger partial charge is 0.410 e. The van der Waals surface area contributed by atoms with E-state index in [1.165, 1.54) is 40.1 Å². The first kappa shape index (κ1) is 70.2. The first-order chi connectivity index (χ1) is 41.6. The zero-order valence-corrected chi connectivity index (χ0v) is 53.1. The molecule has 6 N–H and O–H groups in total. The molecule has 87 heavy (non-hydrogen) atoms. The third kappa shape index (κ3) is 24.3. The Bertz CT molecular complexity index is 2590. The maximum Gasteiger partial charge on any atom is 0.410 e. The highest BCUT2D eigenvalue weighted by molar-refractivity contribution is 6.10. The Morgan fingerprint density at radius 3 is 1.16 bits per heavy atom. The van der Waals surface area contributed by atoms with Crippen molar-refractivity contribution in [1.29, 1.82) is 0 Å². The van der Waals surface area contributed by atoms with E-state index >= 15 is 0 Å². The maximum absolute atomic E-state index is 14.4. The lowest BCUT2D eigenvalue weighted by molar-refractivity contribution is -0.126. The maximum atomic E-state index is 14.4. The summed E-state index contributed by atoms with van der Waals surface area (Å²) in [6, 6.07) is 11.9. The topological polar surface area (TPSA) is 261 Å². The fraction of sp³-hybridized carbons (Fsp3) is 0.606. The highest BCUT2D eigenvalue weighted by Crippen LogP contribution is 2.29. The molecule has 2 aliphatic heterocycles. The highest BCUT2D eigenvalue weighted by Gasteiger charge is 2.38. The first-order valence-corrected chi connectivity index (χ1v) is 31.7. The van der Waals surface area contributed by atoms with E-state index < -0.39 is 70.9 Å². The number of carbonyl (C=O) groups excluding carboxylic acids is 8. The van der Waals surface area contributed by atoms with Crippen molar-refractivity contribution in [3.05, 3.63) is 76.9 Å². The number of nitrogens with one attached hydrogen (secondary N) is 6.